The SMILES string of the molecule is COc1cc(Cc2nnc3n2N=C(c2ccccc2)CS3)cc(OC)c1OC. The molecule has 0 radical (unpaired) electrons. The lowest BCUT2D eigenvalue weighted by Gasteiger charge is -2.15. The Kier molecular flexibility index (Phi) is 5.21. The van der Waals surface area contributed by atoms with Gasteiger partial charge in [-0.3, -0.25) is 0 Å². The van der Waals surface area contributed by atoms with Crippen LogP contribution in [0.15, 0.2) is 52.7 Å². The predicted molar refractivity (Wildman–Crippen MR) is 108 cm³/mol. The van der Waals surface area contributed by atoms with Gasteiger partial charge >= 0.3 is 0 Å². The van der Waals surface area contributed by atoms with E-state index in [4.69, 9.17) is 19.3 Å². The largest absolute Gasteiger partial charge is 0.493 e. The first-order valence-corrected chi connectivity index (χ1v) is 9.71. The Balaban J connectivity index is 1.69. The zero-order chi connectivity index (χ0) is 19.5. The van der Waals surface area contributed by atoms with Crippen molar-refractivity contribution < 1.29 is 14.2 Å². The predicted octanol–water partition coefficient (Wildman–Crippen LogP) is 3.25. The molecule has 1 aliphatic heterocycles. The molecule has 0 bridgehead atoms. The smallest absolute Gasteiger partial charge is 0.212 e. The molecule has 7 nitrogen and oxygen atoms in total. The molecule has 0 atom stereocenters. The van der Waals surface area contributed by atoms with E-state index in [1.165, 1.54) is 0 Å². The average Bonchev–Trinajstić information content (AvgIpc) is 3.15. The lowest BCUT2D eigenvalue weighted by molar-refractivity contribution is 0.324. The standard InChI is InChI=1S/C20H20N4O3S/c1-25-16-9-13(10-17(26-2)19(16)27-3)11-18-21-22-20-24(18)23-15(12-28-20)14-7-5-4-6-8-14/h4-10H,11-12H2,1-3H3. The number of aromatic nitrogens is 3. The third kappa shape index (κ3) is 3.43. The number of thioether (sulfide) groups is 1. The maximum atomic E-state index is 5.45. The minimum Gasteiger partial charge on any atom is -0.493 e. The van der Waals surface area contributed by atoms with Crippen LogP contribution in [0.2, 0.25) is 0 Å². The normalized spacial score (nSPS) is 12.9. The summed E-state index contributed by atoms with van der Waals surface area (Å²) in [6.07, 6.45) is 0.538. The van der Waals surface area contributed by atoms with E-state index >= 15 is 0 Å². The summed E-state index contributed by atoms with van der Waals surface area (Å²) in [4.78, 5) is 0. The van der Waals surface area contributed by atoms with Crippen molar-refractivity contribution in [2.75, 3.05) is 27.1 Å². The van der Waals surface area contributed by atoms with Crippen molar-refractivity contribution in [2.24, 2.45) is 5.10 Å². The molecule has 0 saturated heterocycles. The Labute approximate surface area is 167 Å². The number of benzene rings is 2. The molecule has 0 fully saturated rings. The van der Waals surface area contributed by atoms with Gasteiger partial charge in [0.25, 0.3) is 0 Å². The van der Waals surface area contributed by atoms with Crippen LogP contribution in [0.1, 0.15) is 17.0 Å². The first-order valence-electron chi connectivity index (χ1n) is 8.72. The fraction of sp³-hybridized carbons (Fsp3) is 0.250. The van der Waals surface area contributed by atoms with E-state index in [0.29, 0.717) is 23.7 Å². The van der Waals surface area contributed by atoms with Gasteiger partial charge in [-0.05, 0) is 23.3 Å². The summed E-state index contributed by atoms with van der Waals surface area (Å²) in [7, 11) is 4.80. The van der Waals surface area contributed by atoms with Crippen molar-refractivity contribution in [3.8, 4) is 17.2 Å². The molecule has 0 saturated carbocycles. The van der Waals surface area contributed by atoms with Crippen LogP contribution in [0.5, 0.6) is 17.2 Å². The molecule has 0 amide bonds. The number of rotatable bonds is 6. The molecule has 0 aliphatic carbocycles. The zero-order valence-electron chi connectivity index (χ0n) is 15.9. The van der Waals surface area contributed by atoms with E-state index in [9.17, 15) is 0 Å². The van der Waals surface area contributed by atoms with Gasteiger partial charge in [-0.15, -0.1) is 10.2 Å². The molecule has 2 aromatic carbocycles. The Hall–Kier alpha value is -3.00. The molecule has 1 aromatic heterocycles. The minimum absolute atomic E-state index is 0.538. The van der Waals surface area contributed by atoms with Gasteiger partial charge in [0.15, 0.2) is 17.3 Å². The van der Waals surface area contributed by atoms with Gasteiger partial charge in [0.05, 0.1) is 27.0 Å². The molecule has 3 aromatic rings. The van der Waals surface area contributed by atoms with Crippen LogP contribution in [0.25, 0.3) is 0 Å². The third-order valence-electron chi connectivity index (χ3n) is 4.43. The average molecular weight is 396 g/mol. The second kappa shape index (κ2) is 7.93. The summed E-state index contributed by atoms with van der Waals surface area (Å²) < 4.78 is 18.1. The van der Waals surface area contributed by atoms with E-state index in [-0.39, 0.29) is 0 Å². The third-order valence-corrected chi connectivity index (χ3v) is 5.36. The van der Waals surface area contributed by atoms with Crippen LogP contribution in [0.3, 0.4) is 0 Å². The quantitative estimate of drug-likeness (QED) is 0.637. The molecule has 0 N–H and O–H groups in total. The van der Waals surface area contributed by atoms with Gasteiger partial charge in [0.1, 0.15) is 0 Å². The fourth-order valence-electron chi connectivity index (χ4n) is 3.07. The lowest BCUT2D eigenvalue weighted by atomic mass is 10.1. The summed E-state index contributed by atoms with van der Waals surface area (Å²) in [5.74, 6) is 3.31. The second-order valence-corrected chi connectivity index (χ2v) is 7.06. The van der Waals surface area contributed by atoms with Gasteiger partial charge in [-0.1, -0.05) is 42.1 Å². The van der Waals surface area contributed by atoms with Gasteiger partial charge in [0.2, 0.25) is 10.9 Å². The van der Waals surface area contributed by atoms with E-state index in [1.54, 1.807) is 33.1 Å². The maximum Gasteiger partial charge on any atom is 0.212 e. The van der Waals surface area contributed by atoms with Crippen molar-refractivity contribution in [1.29, 1.82) is 0 Å². The highest BCUT2D eigenvalue weighted by Gasteiger charge is 2.21. The molecule has 8 heteroatoms. The van der Waals surface area contributed by atoms with Gasteiger partial charge in [-0.2, -0.15) is 9.78 Å². The van der Waals surface area contributed by atoms with Crippen LogP contribution < -0.4 is 14.2 Å². The summed E-state index contributed by atoms with van der Waals surface area (Å²) in [6.45, 7) is 0. The second-order valence-electron chi connectivity index (χ2n) is 6.12. The fourth-order valence-corrected chi connectivity index (χ4v) is 3.93. The molecule has 2 heterocycles. The van der Waals surface area contributed by atoms with Gasteiger partial charge in [0, 0.05) is 12.2 Å². The van der Waals surface area contributed by atoms with Crippen molar-refractivity contribution >= 4 is 17.5 Å². The number of nitrogens with zero attached hydrogens (tertiary/aromatic N) is 4. The number of hydrogen-bond acceptors (Lipinski definition) is 7. The maximum absolute atomic E-state index is 5.45. The summed E-state index contributed by atoms with van der Waals surface area (Å²) in [6, 6.07) is 14.0. The van der Waals surface area contributed by atoms with Crippen LogP contribution in [0.4, 0.5) is 0 Å². The minimum atomic E-state index is 0.538. The Bertz CT molecular complexity index is 993. The van der Waals surface area contributed by atoms with Crippen LogP contribution in [-0.4, -0.2) is 47.7 Å². The Morgan fingerprint density at radius 3 is 2.32 bits per heavy atom. The molecular weight excluding hydrogens is 376 g/mol. The monoisotopic (exact) mass is 396 g/mol. The van der Waals surface area contributed by atoms with E-state index < -0.39 is 0 Å². The first-order chi connectivity index (χ1) is 13.7. The van der Waals surface area contributed by atoms with Gasteiger partial charge in [-0.25, -0.2) is 0 Å². The highest BCUT2D eigenvalue weighted by molar-refractivity contribution is 7.99. The van der Waals surface area contributed by atoms with Crippen LogP contribution in [0, 0.1) is 0 Å². The molecule has 28 heavy (non-hydrogen) atoms. The van der Waals surface area contributed by atoms with E-state index in [0.717, 1.165) is 33.6 Å². The molecule has 0 unspecified atom stereocenters. The van der Waals surface area contributed by atoms with Crippen LogP contribution >= 0.6 is 11.8 Å². The molecular formula is C20H20N4O3S. The first kappa shape index (κ1) is 18.4. The van der Waals surface area contributed by atoms with Crippen molar-refractivity contribution in [3.63, 3.8) is 0 Å². The molecule has 4 rings (SSSR count). The van der Waals surface area contributed by atoms with Crippen molar-refractivity contribution in [3.05, 3.63) is 59.4 Å². The molecule has 0 spiro atoms. The van der Waals surface area contributed by atoms with E-state index in [2.05, 4.69) is 22.3 Å². The zero-order valence-corrected chi connectivity index (χ0v) is 16.7. The van der Waals surface area contributed by atoms with Crippen LogP contribution in [-0.2, 0) is 6.42 Å². The summed E-state index contributed by atoms with van der Waals surface area (Å²) in [5, 5.41) is 14.2. The molecule has 1 aliphatic rings. The van der Waals surface area contributed by atoms with E-state index in [1.807, 2.05) is 35.0 Å². The Morgan fingerprint density at radius 1 is 0.964 bits per heavy atom. The summed E-state index contributed by atoms with van der Waals surface area (Å²) >= 11 is 1.63. The number of fused-ring (bicyclic) bond motifs is 1. The van der Waals surface area contributed by atoms with Crippen molar-refractivity contribution in [2.45, 2.75) is 11.6 Å². The highest BCUT2D eigenvalue weighted by Crippen LogP contribution is 2.38. The van der Waals surface area contributed by atoms with Gasteiger partial charge < -0.3 is 14.2 Å². The topological polar surface area (TPSA) is 70.8 Å². The number of methoxy groups -OCH3 is 3. The number of hydrogen-bond donors (Lipinski definition) is 0. The summed E-state index contributed by atoms with van der Waals surface area (Å²) in [5.41, 5.74) is 3.08. The van der Waals surface area contributed by atoms with Crippen molar-refractivity contribution in [1.82, 2.24) is 14.9 Å². The number of ether oxygens (including phenoxy) is 3. The highest BCUT2D eigenvalue weighted by atomic mass is 32.2. The lowest BCUT2D eigenvalue weighted by Crippen LogP contribution is -2.14. The Morgan fingerprint density at radius 2 is 1.68 bits per heavy atom. The molecule has 144 valence electrons.